The number of fused-ring (bicyclic) bond motifs is 14. The molecule has 0 spiro atoms. The Balaban J connectivity index is 1.02. The van der Waals surface area contributed by atoms with Crippen molar-refractivity contribution in [3.63, 3.8) is 0 Å². The average molecular weight is 910 g/mol. The third kappa shape index (κ3) is 5.75. The van der Waals surface area contributed by atoms with Gasteiger partial charge >= 0.3 is 0 Å². The topological polar surface area (TPSA) is 37.2 Å². The largest absolute Gasteiger partial charge is 0.454 e. The Labute approximate surface area is 408 Å². The first-order valence-electron chi connectivity index (χ1n) is 24.3. The van der Waals surface area contributed by atoms with Crippen LogP contribution in [0.1, 0.15) is 11.1 Å². The lowest BCUT2D eigenvalue weighted by molar-refractivity contribution is 0.665. The number of anilines is 6. The molecule has 0 N–H and O–H groups in total. The van der Waals surface area contributed by atoms with E-state index >= 15 is 0 Å². The van der Waals surface area contributed by atoms with Crippen LogP contribution in [-0.4, -0.2) is 4.40 Å². The van der Waals surface area contributed by atoms with E-state index in [2.05, 4.69) is 253 Å². The molecule has 0 bridgehead atoms. The van der Waals surface area contributed by atoms with E-state index in [1.165, 1.54) is 54.5 Å². The van der Waals surface area contributed by atoms with Crippen LogP contribution in [0.2, 0.25) is 0 Å². The van der Waals surface area contributed by atoms with Gasteiger partial charge in [0.05, 0.1) is 27.9 Å². The van der Waals surface area contributed by atoms with Crippen LogP contribution in [0.15, 0.2) is 233 Å². The molecule has 4 aromatic heterocycles. The molecule has 0 saturated carbocycles. The fourth-order valence-corrected chi connectivity index (χ4v) is 11.7. The van der Waals surface area contributed by atoms with Gasteiger partial charge in [0, 0.05) is 65.8 Å². The van der Waals surface area contributed by atoms with Crippen molar-refractivity contribution in [3.8, 4) is 11.1 Å². The van der Waals surface area contributed by atoms with Crippen LogP contribution >= 0.6 is 0 Å². The molecule has 71 heavy (non-hydrogen) atoms. The number of furan rings is 2. The van der Waals surface area contributed by atoms with Crippen molar-refractivity contribution < 1.29 is 8.83 Å². The Morgan fingerprint density at radius 3 is 1.46 bits per heavy atom. The molecule has 0 radical (unpaired) electrons. The number of aryl methyl sites for hydroxylation is 2. The third-order valence-electron chi connectivity index (χ3n) is 14.9. The second-order valence-electron chi connectivity index (χ2n) is 18.9. The van der Waals surface area contributed by atoms with Crippen LogP contribution in [0.3, 0.4) is 0 Å². The van der Waals surface area contributed by atoms with Gasteiger partial charge in [0.15, 0.2) is 11.2 Å². The molecule has 15 aromatic rings. The molecule has 0 aliphatic heterocycles. The number of para-hydroxylation sites is 6. The summed E-state index contributed by atoms with van der Waals surface area (Å²) in [5.74, 6) is 0. The lowest BCUT2D eigenvalue weighted by atomic mass is 9.94. The van der Waals surface area contributed by atoms with Gasteiger partial charge in [0.1, 0.15) is 11.2 Å². The predicted octanol–water partition coefficient (Wildman–Crippen LogP) is 19.0. The van der Waals surface area contributed by atoms with E-state index < -0.39 is 0 Å². The molecular weight excluding hydrogens is 867 g/mol. The number of aromatic nitrogens is 1. The Morgan fingerprint density at radius 2 is 0.859 bits per heavy atom. The Bertz CT molecular complexity index is 4600. The number of hydrogen-bond acceptors (Lipinski definition) is 4. The Hall–Kier alpha value is -9.32. The maximum Gasteiger partial charge on any atom is 0.159 e. The fraction of sp³-hybridized carbons (Fsp3) is 0.0303. The van der Waals surface area contributed by atoms with E-state index in [0.717, 1.165) is 94.6 Å². The van der Waals surface area contributed by atoms with Gasteiger partial charge in [0.2, 0.25) is 0 Å². The van der Waals surface area contributed by atoms with Crippen molar-refractivity contribution in [2.24, 2.45) is 0 Å². The molecule has 0 amide bonds. The Morgan fingerprint density at radius 1 is 0.338 bits per heavy atom. The highest BCUT2D eigenvalue weighted by Crippen LogP contribution is 2.50. The molecule has 0 aliphatic rings. The minimum Gasteiger partial charge on any atom is -0.454 e. The highest BCUT2D eigenvalue weighted by molar-refractivity contribution is 6.34. The van der Waals surface area contributed by atoms with Crippen LogP contribution in [-0.2, 0) is 0 Å². The van der Waals surface area contributed by atoms with Crippen LogP contribution in [0.5, 0.6) is 0 Å². The summed E-state index contributed by atoms with van der Waals surface area (Å²) < 4.78 is 16.2. The van der Waals surface area contributed by atoms with Gasteiger partial charge in [-0.2, -0.15) is 0 Å². The van der Waals surface area contributed by atoms with Crippen molar-refractivity contribution in [1.82, 2.24) is 4.40 Å². The van der Waals surface area contributed by atoms with Gasteiger partial charge in [0.25, 0.3) is 0 Å². The summed E-state index contributed by atoms with van der Waals surface area (Å²) in [6.07, 6.45) is 0. The molecule has 5 nitrogen and oxygen atoms in total. The minimum atomic E-state index is 0.865. The van der Waals surface area contributed by atoms with Crippen LogP contribution in [0, 0.1) is 13.8 Å². The van der Waals surface area contributed by atoms with E-state index in [4.69, 9.17) is 8.83 Å². The summed E-state index contributed by atoms with van der Waals surface area (Å²) in [5.41, 5.74) is 17.9. The lowest BCUT2D eigenvalue weighted by Crippen LogP contribution is -2.10. The first-order chi connectivity index (χ1) is 35.1. The molecule has 334 valence electrons. The third-order valence-corrected chi connectivity index (χ3v) is 14.9. The van der Waals surface area contributed by atoms with Crippen LogP contribution in [0.25, 0.3) is 104 Å². The van der Waals surface area contributed by atoms with Crippen molar-refractivity contribution in [1.29, 1.82) is 0 Å². The van der Waals surface area contributed by atoms with E-state index in [9.17, 15) is 0 Å². The van der Waals surface area contributed by atoms with E-state index in [0.29, 0.717) is 0 Å². The van der Waals surface area contributed by atoms with Gasteiger partial charge in [-0.1, -0.05) is 152 Å². The van der Waals surface area contributed by atoms with Crippen LogP contribution in [0.4, 0.5) is 34.1 Å². The van der Waals surface area contributed by atoms with Gasteiger partial charge < -0.3 is 23.0 Å². The zero-order chi connectivity index (χ0) is 46.9. The molecule has 0 aliphatic carbocycles. The van der Waals surface area contributed by atoms with Gasteiger partial charge in [-0.3, -0.25) is 0 Å². The number of benzene rings is 11. The first-order valence-corrected chi connectivity index (χ1v) is 24.3. The number of nitrogens with zero attached hydrogens (tertiary/aromatic N) is 3. The zero-order valence-corrected chi connectivity index (χ0v) is 39.0. The second-order valence-corrected chi connectivity index (χ2v) is 18.9. The maximum atomic E-state index is 6.85. The van der Waals surface area contributed by atoms with Crippen molar-refractivity contribution in [3.05, 3.63) is 236 Å². The zero-order valence-electron chi connectivity index (χ0n) is 39.0. The summed E-state index contributed by atoms with van der Waals surface area (Å²) >= 11 is 0. The lowest BCUT2D eigenvalue weighted by Gasteiger charge is -2.26. The Kier molecular flexibility index (Phi) is 8.43. The quantitative estimate of drug-likeness (QED) is 0.160. The SMILES string of the molecule is Cc1cccc2c1oc1c(N(c3ccccc3)c3ccc4cc5c6ccc(N(c7ccccc7)c7cccc8c7oc7c(C)cccc78)cc6n6c7cccc(-c8ccccc8)c7c(c4c3)c56)cccc12. The second kappa shape index (κ2) is 15.1. The molecular formula is C66H43N3O2. The summed E-state index contributed by atoms with van der Waals surface area (Å²) in [6.45, 7) is 4.24. The summed E-state index contributed by atoms with van der Waals surface area (Å²) in [4.78, 5) is 4.71. The van der Waals surface area contributed by atoms with E-state index in [-0.39, 0.29) is 0 Å². The van der Waals surface area contributed by atoms with Crippen molar-refractivity contribution in [2.45, 2.75) is 13.8 Å². The van der Waals surface area contributed by atoms with Gasteiger partial charge in [-0.25, -0.2) is 0 Å². The first kappa shape index (κ1) is 39.7. The highest BCUT2D eigenvalue weighted by Gasteiger charge is 2.27. The molecule has 5 heteroatoms. The minimum absolute atomic E-state index is 0.865. The average Bonchev–Trinajstić information content (AvgIpc) is 4.19. The smallest absolute Gasteiger partial charge is 0.159 e. The summed E-state index contributed by atoms with van der Waals surface area (Å²) in [6, 6.07) is 81.2. The normalized spacial score (nSPS) is 12.1. The fourth-order valence-electron chi connectivity index (χ4n) is 11.7. The molecule has 0 atom stereocenters. The van der Waals surface area contributed by atoms with E-state index in [1.54, 1.807) is 0 Å². The molecule has 15 rings (SSSR count). The monoisotopic (exact) mass is 909 g/mol. The summed E-state index contributed by atoms with van der Waals surface area (Å²) in [5, 5.41) is 11.7. The predicted molar refractivity (Wildman–Crippen MR) is 297 cm³/mol. The highest BCUT2D eigenvalue weighted by atomic mass is 16.3. The van der Waals surface area contributed by atoms with E-state index in [1.807, 2.05) is 0 Å². The van der Waals surface area contributed by atoms with Crippen molar-refractivity contribution in [2.75, 3.05) is 9.80 Å². The molecule has 11 aromatic carbocycles. The van der Waals surface area contributed by atoms with Gasteiger partial charge in [-0.05, 0) is 120 Å². The number of rotatable bonds is 7. The van der Waals surface area contributed by atoms with Crippen molar-refractivity contribution >= 4 is 127 Å². The molecule has 0 saturated heterocycles. The molecule has 4 heterocycles. The molecule has 0 fully saturated rings. The molecule has 0 unspecified atom stereocenters. The summed E-state index contributed by atoms with van der Waals surface area (Å²) in [7, 11) is 0. The van der Waals surface area contributed by atoms with Gasteiger partial charge in [-0.15, -0.1) is 0 Å². The van der Waals surface area contributed by atoms with Crippen LogP contribution < -0.4 is 9.80 Å². The number of hydrogen-bond donors (Lipinski definition) is 0. The standard InChI is InChI=1S/C66H43N3O2/c1-40-17-12-26-50-52-28-15-31-57(65(52)70-63(40)50)67(44-21-8-4-9-22-44)46-34-33-43-37-55-49-36-35-47(68(45-23-10-5-11-24-45)58-32-16-29-53-51-27-13-18-41(2)64(51)71-66(53)58)39-59(49)69-56-30-14-25-48(42-19-6-3-7-20-42)60(56)61(62(55)69)54(43)38-46/h3-39H,1-2H3. The maximum absolute atomic E-state index is 6.85.